The summed E-state index contributed by atoms with van der Waals surface area (Å²) >= 11 is 0. The molecule has 0 radical (unpaired) electrons. The molecule has 1 aliphatic heterocycles. The minimum Gasteiger partial charge on any atom is -0.477 e. The van der Waals surface area contributed by atoms with Crippen molar-refractivity contribution in [1.82, 2.24) is 9.47 Å². The largest absolute Gasteiger partial charge is 0.477 e. The van der Waals surface area contributed by atoms with Gasteiger partial charge in [-0.05, 0) is 32.4 Å². The molecule has 1 aromatic rings. The number of aromatic nitrogens is 1. The number of aromatic carboxylic acids is 1. The van der Waals surface area contributed by atoms with Gasteiger partial charge in [0.15, 0.2) is 5.43 Å². The van der Waals surface area contributed by atoms with Crippen molar-refractivity contribution in [3.05, 3.63) is 33.7 Å². The zero-order chi connectivity index (χ0) is 14.0. The van der Waals surface area contributed by atoms with E-state index in [-0.39, 0.29) is 5.56 Å². The van der Waals surface area contributed by atoms with E-state index in [4.69, 9.17) is 5.11 Å². The summed E-state index contributed by atoms with van der Waals surface area (Å²) in [6.07, 6.45) is 2.61. The Bertz CT molecular complexity index is 536. The monoisotopic (exact) mass is 264 g/mol. The van der Waals surface area contributed by atoms with E-state index < -0.39 is 11.4 Å². The van der Waals surface area contributed by atoms with Crippen LogP contribution in [0.25, 0.3) is 0 Å². The standard InChI is InChI=1S/C14H20N2O3/c1-3-15-5-4-11(7-15)8-16-9-12(14(18)19)13(17)6-10(16)2/h6,9,11H,3-5,7-8H2,1-2H3,(H,18,19). The van der Waals surface area contributed by atoms with Crippen LogP contribution < -0.4 is 5.43 Å². The number of pyridine rings is 1. The SMILES string of the molecule is CCN1CCC(Cn2cc(C(=O)O)c(=O)cc2C)C1. The van der Waals surface area contributed by atoms with Crippen LogP contribution >= 0.6 is 0 Å². The summed E-state index contributed by atoms with van der Waals surface area (Å²) in [5.41, 5.74) is 0.267. The first kappa shape index (κ1) is 13.8. The van der Waals surface area contributed by atoms with E-state index in [1.54, 1.807) is 0 Å². The number of nitrogens with zero attached hydrogens (tertiary/aromatic N) is 2. The molecular formula is C14H20N2O3. The summed E-state index contributed by atoms with van der Waals surface area (Å²) in [5, 5.41) is 9.00. The normalized spacial score (nSPS) is 19.8. The summed E-state index contributed by atoms with van der Waals surface area (Å²) in [4.78, 5) is 25.0. The molecule has 0 amide bonds. The molecule has 1 unspecified atom stereocenters. The van der Waals surface area contributed by atoms with E-state index in [2.05, 4.69) is 11.8 Å². The predicted molar refractivity (Wildman–Crippen MR) is 72.6 cm³/mol. The van der Waals surface area contributed by atoms with Crippen LogP contribution in [0.1, 0.15) is 29.4 Å². The number of rotatable bonds is 4. The Morgan fingerprint density at radius 1 is 1.53 bits per heavy atom. The van der Waals surface area contributed by atoms with Crippen LogP contribution in [0.3, 0.4) is 0 Å². The first-order chi connectivity index (χ1) is 9.01. The van der Waals surface area contributed by atoms with Crippen molar-refractivity contribution in [2.45, 2.75) is 26.8 Å². The van der Waals surface area contributed by atoms with Crippen LogP contribution in [0.2, 0.25) is 0 Å². The summed E-state index contributed by atoms with van der Waals surface area (Å²) < 4.78 is 1.90. The van der Waals surface area contributed by atoms with E-state index in [0.29, 0.717) is 5.92 Å². The average Bonchev–Trinajstić information content (AvgIpc) is 2.80. The highest BCUT2D eigenvalue weighted by Crippen LogP contribution is 2.18. The Balaban J connectivity index is 2.19. The molecule has 1 N–H and O–H groups in total. The molecule has 19 heavy (non-hydrogen) atoms. The molecule has 1 saturated heterocycles. The predicted octanol–water partition coefficient (Wildman–Crippen LogP) is 1.20. The summed E-state index contributed by atoms with van der Waals surface area (Å²) in [6, 6.07) is 1.41. The molecule has 104 valence electrons. The van der Waals surface area contributed by atoms with Gasteiger partial charge in [0.2, 0.25) is 0 Å². The van der Waals surface area contributed by atoms with Gasteiger partial charge in [0.25, 0.3) is 0 Å². The van der Waals surface area contributed by atoms with E-state index in [1.165, 1.54) is 12.3 Å². The zero-order valence-corrected chi connectivity index (χ0v) is 11.4. The molecule has 0 aliphatic carbocycles. The molecule has 2 heterocycles. The molecule has 5 nitrogen and oxygen atoms in total. The molecule has 1 atom stereocenters. The fourth-order valence-electron chi connectivity index (χ4n) is 2.66. The van der Waals surface area contributed by atoms with Crippen LogP contribution in [-0.4, -0.2) is 40.2 Å². The molecule has 5 heteroatoms. The van der Waals surface area contributed by atoms with E-state index >= 15 is 0 Å². The Morgan fingerprint density at radius 3 is 2.84 bits per heavy atom. The molecule has 0 aromatic carbocycles. The van der Waals surface area contributed by atoms with Crippen LogP contribution in [0.15, 0.2) is 17.1 Å². The first-order valence-electron chi connectivity index (χ1n) is 6.68. The van der Waals surface area contributed by atoms with Crippen LogP contribution in [0.4, 0.5) is 0 Å². The minimum absolute atomic E-state index is 0.143. The number of aryl methyl sites for hydroxylation is 1. The van der Waals surface area contributed by atoms with E-state index in [9.17, 15) is 9.59 Å². The first-order valence-corrected chi connectivity index (χ1v) is 6.68. The highest BCUT2D eigenvalue weighted by Gasteiger charge is 2.22. The molecule has 0 bridgehead atoms. The van der Waals surface area contributed by atoms with Gasteiger partial charge in [-0.1, -0.05) is 6.92 Å². The third-order valence-electron chi connectivity index (χ3n) is 3.85. The van der Waals surface area contributed by atoms with Gasteiger partial charge in [-0.3, -0.25) is 4.79 Å². The van der Waals surface area contributed by atoms with Crippen molar-refractivity contribution < 1.29 is 9.90 Å². The van der Waals surface area contributed by atoms with Gasteiger partial charge in [0.1, 0.15) is 5.56 Å². The lowest BCUT2D eigenvalue weighted by molar-refractivity contribution is 0.0694. The zero-order valence-electron chi connectivity index (χ0n) is 11.4. The van der Waals surface area contributed by atoms with Crippen molar-refractivity contribution in [2.75, 3.05) is 19.6 Å². The Kier molecular flexibility index (Phi) is 4.04. The van der Waals surface area contributed by atoms with E-state index in [1.807, 2.05) is 11.5 Å². The van der Waals surface area contributed by atoms with Crippen molar-refractivity contribution in [1.29, 1.82) is 0 Å². The quantitative estimate of drug-likeness (QED) is 0.887. The summed E-state index contributed by atoms with van der Waals surface area (Å²) in [5.74, 6) is -0.622. The van der Waals surface area contributed by atoms with Gasteiger partial charge < -0.3 is 14.6 Å². The lowest BCUT2D eigenvalue weighted by atomic mass is 10.1. The second kappa shape index (κ2) is 5.57. The van der Waals surface area contributed by atoms with Gasteiger partial charge in [0.05, 0.1) is 0 Å². The molecule has 1 aromatic heterocycles. The Morgan fingerprint density at radius 2 is 2.26 bits per heavy atom. The summed E-state index contributed by atoms with van der Waals surface area (Å²) in [6.45, 7) is 7.98. The maximum Gasteiger partial charge on any atom is 0.341 e. The number of hydrogen-bond acceptors (Lipinski definition) is 3. The molecule has 2 rings (SSSR count). The number of carbonyl (C=O) groups is 1. The number of carboxylic acid groups (broad SMARTS) is 1. The van der Waals surface area contributed by atoms with Gasteiger partial charge in [0, 0.05) is 31.0 Å². The molecule has 0 saturated carbocycles. The third kappa shape index (κ3) is 3.04. The number of hydrogen-bond donors (Lipinski definition) is 1. The van der Waals surface area contributed by atoms with Crippen molar-refractivity contribution in [2.24, 2.45) is 5.92 Å². The second-order valence-corrected chi connectivity index (χ2v) is 5.20. The Hall–Kier alpha value is -1.62. The number of likely N-dealkylation sites (tertiary alicyclic amines) is 1. The smallest absolute Gasteiger partial charge is 0.341 e. The van der Waals surface area contributed by atoms with Gasteiger partial charge in [-0.2, -0.15) is 0 Å². The maximum absolute atomic E-state index is 11.6. The lowest BCUT2D eigenvalue weighted by Crippen LogP contribution is -2.24. The second-order valence-electron chi connectivity index (χ2n) is 5.20. The van der Waals surface area contributed by atoms with Crippen molar-refractivity contribution in [3.63, 3.8) is 0 Å². The Labute approximate surface area is 112 Å². The molecule has 1 aliphatic rings. The minimum atomic E-state index is -1.15. The third-order valence-corrected chi connectivity index (χ3v) is 3.85. The molecule has 1 fully saturated rings. The van der Waals surface area contributed by atoms with Crippen molar-refractivity contribution >= 4 is 5.97 Å². The topological polar surface area (TPSA) is 62.5 Å². The van der Waals surface area contributed by atoms with Gasteiger partial charge in [-0.25, -0.2) is 4.79 Å². The van der Waals surface area contributed by atoms with Gasteiger partial charge in [-0.15, -0.1) is 0 Å². The van der Waals surface area contributed by atoms with Crippen LogP contribution in [0, 0.1) is 12.8 Å². The fraction of sp³-hybridized carbons (Fsp3) is 0.571. The van der Waals surface area contributed by atoms with Gasteiger partial charge >= 0.3 is 5.97 Å². The average molecular weight is 264 g/mol. The fourth-order valence-corrected chi connectivity index (χ4v) is 2.66. The highest BCUT2D eigenvalue weighted by atomic mass is 16.4. The van der Waals surface area contributed by atoms with E-state index in [0.717, 1.165) is 38.3 Å². The summed E-state index contributed by atoms with van der Waals surface area (Å²) in [7, 11) is 0. The van der Waals surface area contributed by atoms with Crippen LogP contribution in [0.5, 0.6) is 0 Å². The maximum atomic E-state index is 11.6. The molecular weight excluding hydrogens is 244 g/mol. The number of carboxylic acids is 1. The molecule has 0 spiro atoms. The van der Waals surface area contributed by atoms with Crippen LogP contribution in [-0.2, 0) is 6.54 Å². The lowest BCUT2D eigenvalue weighted by Gasteiger charge is -2.17. The highest BCUT2D eigenvalue weighted by molar-refractivity contribution is 5.87. The van der Waals surface area contributed by atoms with Crippen molar-refractivity contribution in [3.8, 4) is 0 Å².